The molecule has 1 aromatic heterocycles. The van der Waals surface area contributed by atoms with Gasteiger partial charge in [-0.2, -0.15) is 5.26 Å². The zero-order chi connectivity index (χ0) is 5.98. The highest BCUT2D eigenvalue weighted by Gasteiger charge is 1.90. The summed E-state index contributed by atoms with van der Waals surface area (Å²) in [6.07, 6.45) is 0. The zero-order valence-electron chi connectivity index (χ0n) is 4.09. The molecular formula is C6H8N2S. The predicted molar refractivity (Wildman–Crippen MR) is 40.2 cm³/mol. The van der Waals surface area contributed by atoms with Crippen LogP contribution < -0.4 is 5.73 Å². The van der Waals surface area contributed by atoms with Gasteiger partial charge in [-0.15, -0.1) is 11.3 Å². The van der Waals surface area contributed by atoms with E-state index < -0.39 is 0 Å². The molecule has 0 bridgehead atoms. The molecule has 0 aliphatic carbocycles. The van der Waals surface area contributed by atoms with Crippen LogP contribution in [0.25, 0.3) is 0 Å². The third-order valence-electron chi connectivity index (χ3n) is 0.749. The monoisotopic (exact) mass is 140 g/mol. The summed E-state index contributed by atoms with van der Waals surface area (Å²) in [5, 5.41) is 10.7. The summed E-state index contributed by atoms with van der Waals surface area (Å²) in [5.74, 6) is 0. The molecule has 0 radical (unpaired) electrons. The number of thiophene rings is 1. The standard InChI is InChI=1S/C5H4N2S.CH4/c6-2-4-1-5(7)8-3-4;/h1,3H,7H2;1H4. The highest BCUT2D eigenvalue weighted by molar-refractivity contribution is 7.14. The van der Waals surface area contributed by atoms with Crippen molar-refractivity contribution in [3.63, 3.8) is 0 Å². The molecule has 1 heterocycles. The Labute approximate surface area is 58.5 Å². The van der Waals surface area contributed by atoms with Crippen LogP contribution in [-0.4, -0.2) is 0 Å². The minimum Gasteiger partial charge on any atom is -0.391 e. The van der Waals surface area contributed by atoms with Crippen LogP contribution in [0.1, 0.15) is 13.0 Å². The zero-order valence-corrected chi connectivity index (χ0v) is 4.90. The smallest absolute Gasteiger partial charge is 0.100 e. The van der Waals surface area contributed by atoms with Crippen LogP contribution in [0.3, 0.4) is 0 Å². The van der Waals surface area contributed by atoms with E-state index >= 15 is 0 Å². The van der Waals surface area contributed by atoms with Crippen molar-refractivity contribution in [2.75, 3.05) is 5.73 Å². The quantitative estimate of drug-likeness (QED) is 0.597. The van der Waals surface area contributed by atoms with E-state index in [-0.39, 0.29) is 7.43 Å². The lowest BCUT2D eigenvalue weighted by atomic mass is 10.4. The molecule has 0 atom stereocenters. The summed E-state index contributed by atoms with van der Waals surface area (Å²) < 4.78 is 0. The third-order valence-corrected chi connectivity index (χ3v) is 1.51. The first-order valence-corrected chi connectivity index (χ1v) is 2.95. The molecule has 0 aliphatic heterocycles. The highest BCUT2D eigenvalue weighted by atomic mass is 32.1. The molecule has 9 heavy (non-hydrogen) atoms. The van der Waals surface area contributed by atoms with E-state index in [0.717, 1.165) is 0 Å². The Morgan fingerprint density at radius 2 is 2.33 bits per heavy atom. The fraction of sp³-hybridized carbons (Fsp3) is 0.167. The number of hydrogen-bond acceptors (Lipinski definition) is 3. The number of nitrogen functional groups attached to an aromatic ring is 1. The molecule has 3 heteroatoms. The summed E-state index contributed by atoms with van der Waals surface area (Å²) in [6.45, 7) is 0. The van der Waals surface area contributed by atoms with Gasteiger partial charge >= 0.3 is 0 Å². The van der Waals surface area contributed by atoms with E-state index in [1.54, 1.807) is 11.4 Å². The molecule has 0 unspecified atom stereocenters. The van der Waals surface area contributed by atoms with E-state index in [4.69, 9.17) is 11.0 Å². The molecule has 0 aromatic carbocycles. The molecule has 0 saturated heterocycles. The van der Waals surface area contributed by atoms with Crippen LogP contribution in [0.4, 0.5) is 5.00 Å². The van der Waals surface area contributed by atoms with Crippen LogP contribution in [-0.2, 0) is 0 Å². The van der Waals surface area contributed by atoms with Crippen molar-refractivity contribution < 1.29 is 0 Å². The van der Waals surface area contributed by atoms with Crippen LogP contribution in [0, 0.1) is 11.3 Å². The second-order valence-electron chi connectivity index (χ2n) is 1.35. The van der Waals surface area contributed by atoms with Gasteiger partial charge in [0.15, 0.2) is 0 Å². The van der Waals surface area contributed by atoms with Gasteiger partial charge in [-0.3, -0.25) is 0 Å². The third kappa shape index (κ3) is 1.74. The average molecular weight is 140 g/mol. The molecule has 1 aromatic rings. The number of nitrogens with zero attached hydrogens (tertiary/aromatic N) is 1. The molecule has 2 N–H and O–H groups in total. The largest absolute Gasteiger partial charge is 0.391 e. The Bertz CT molecular complexity index is 221. The molecule has 0 amide bonds. The van der Waals surface area contributed by atoms with E-state index in [2.05, 4.69) is 0 Å². The lowest BCUT2D eigenvalue weighted by Crippen LogP contribution is -1.73. The number of hydrogen-bond donors (Lipinski definition) is 1. The second kappa shape index (κ2) is 3.10. The Hall–Kier alpha value is -1.01. The van der Waals surface area contributed by atoms with E-state index in [1.165, 1.54) is 11.3 Å². The van der Waals surface area contributed by atoms with Gasteiger partial charge in [0.05, 0.1) is 10.6 Å². The Morgan fingerprint density at radius 3 is 2.56 bits per heavy atom. The minimum atomic E-state index is 0. The molecule has 0 fully saturated rings. The number of rotatable bonds is 0. The molecular weight excluding hydrogens is 132 g/mol. The Kier molecular flexibility index (Phi) is 2.75. The molecule has 0 spiro atoms. The van der Waals surface area contributed by atoms with Gasteiger partial charge in [0.25, 0.3) is 0 Å². The first kappa shape index (κ1) is 7.99. The van der Waals surface area contributed by atoms with Crippen LogP contribution in [0.2, 0.25) is 0 Å². The van der Waals surface area contributed by atoms with Crippen molar-refractivity contribution in [3.8, 4) is 6.07 Å². The Morgan fingerprint density at radius 1 is 1.67 bits per heavy atom. The number of nitrogens with two attached hydrogens (primary N) is 1. The van der Waals surface area contributed by atoms with Gasteiger partial charge in [-0.1, -0.05) is 7.43 Å². The summed E-state index contributed by atoms with van der Waals surface area (Å²) in [4.78, 5) is 0. The molecule has 0 saturated carbocycles. The first-order chi connectivity index (χ1) is 3.83. The molecule has 48 valence electrons. The van der Waals surface area contributed by atoms with Crippen molar-refractivity contribution in [3.05, 3.63) is 17.0 Å². The number of anilines is 1. The summed E-state index contributed by atoms with van der Waals surface area (Å²) >= 11 is 1.38. The van der Waals surface area contributed by atoms with Gasteiger partial charge in [0, 0.05) is 5.38 Å². The van der Waals surface area contributed by atoms with Crippen molar-refractivity contribution in [1.29, 1.82) is 5.26 Å². The highest BCUT2D eigenvalue weighted by Crippen LogP contribution is 2.14. The molecule has 0 aliphatic rings. The average Bonchev–Trinajstić information content (AvgIpc) is 2.14. The number of nitriles is 1. The SMILES string of the molecule is C.N#Cc1csc(N)c1. The topological polar surface area (TPSA) is 49.8 Å². The van der Waals surface area contributed by atoms with Crippen molar-refractivity contribution >= 4 is 16.3 Å². The lowest BCUT2D eigenvalue weighted by Gasteiger charge is -1.70. The second-order valence-corrected chi connectivity index (χ2v) is 2.29. The van der Waals surface area contributed by atoms with Crippen LogP contribution in [0.15, 0.2) is 11.4 Å². The molecule has 2 nitrogen and oxygen atoms in total. The fourth-order valence-electron chi connectivity index (χ4n) is 0.411. The van der Waals surface area contributed by atoms with Gasteiger partial charge in [-0.05, 0) is 6.07 Å². The van der Waals surface area contributed by atoms with Crippen LogP contribution in [0.5, 0.6) is 0 Å². The Balaban J connectivity index is 0.000000640. The van der Waals surface area contributed by atoms with E-state index in [9.17, 15) is 0 Å². The van der Waals surface area contributed by atoms with E-state index in [0.29, 0.717) is 10.6 Å². The normalized spacial score (nSPS) is 7.44. The van der Waals surface area contributed by atoms with Crippen molar-refractivity contribution in [2.24, 2.45) is 0 Å². The van der Waals surface area contributed by atoms with Gasteiger partial charge in [-0.25, -0.2) is 0 Å². The van der Waals surface area contributed by atoms with Crippen molar-refractivity contribution in [2.45, 2.75) is 7.43 Å². The molecule has 1 rings (SSSR count). The maximum absolute atomic E-state index is 8.25. The van der Waals surface area contributed by atoms with Gasteiger partial charge in [0.1, 0.15) is 6.07 Å². The van der Waals surface area contributed by atoms with Gasteiger partial charge < -0.3 is 5.73 Å². The minimum absolute atomic E-state index is 0. The van der Waals surface area contributed by atoms with Gasteiger partial charge in [0.2, 0.25) is 0 Å². The predicted octanol–water partition coefficient (Wildman–Crippen LogP) is 1.84. The van der Waals surface area contributed by atoms with Crippen molar-refractivity contribution in [1.82, 2.24) is 0 Å². The maximum Gasteiger partial charge on any atom is 0.100 e. The first-order valence-electron chi connectivity index (χ1n) is 2.07. The van der Waals surface area contributed by atoms with Crippen LogP contribution >= 0.6 is 11.3 Å². The summed E-state index contributed by atoms with van der Waals surface area (Å²) in [7, 11) is 0. The lowest BCUT2D eigenvalue weighted by molar-refractivity contribution is 1.51. The maximum atomic E-state index is 8.25. The summed E-state index contributed by atoms with van der Waals surface area (Å²) in [6, 6.07) is 3.64. The van der Waals surface area contributed by atoms with E-state index in [1.807, 2.05) is 6.07 Å². The summed E-state index contributed by atoms with van der Waals surface area (Å²) in [5.41, 5.74) is 5.97. The fourth-order valence-corrected chi connectivity index (χ4v) is 0.990.